The summed E-state index contributed by atoms with van der Waals surface area (Å²) in [6.45, 7) is 0. The van der Waals surface area contributed by atoms with Crippen LogP contribution in [0.25, 0.3) is 71.7 Å². The van der Waals surface area contributed by atoms with E-state index in [0.29, 0.717) is 0 Å². The summed E-state index contributed by atoms with van der Waals surface area (Å²) < 4.78 is 6.94. The Morgan fingerprint density at radius 1 is 0.390 bits per heavy atom. The molecular formula is C37H24N4. The maximum atomic E-state index is 4.96. The molecule has 41 heavy (non-hydrogen) atoms. The van der Waals surface area contributed by atoms with E-state index in [4.69, 9.17) is 4.98 Å². The summed E-state index contributed by atoms with van der Waals surface area (Å²) in [6, 6.07) is 49.7. The largest absolute Gasteiger partial charge is 0.309 e. The summed E-state index contributed by atoms with van der Waals surface area (Å²) in [5.74, 6) is 0. The van der Waals surface area contributed by atoms with Crippen LogP contribution in [0.1, 0.15) is 0 Å². The fourth-order valence-electron chi connectivity index (χ4n) is 6.54. The molecule has 0 N–H and O–H groups in total. The van der Waals surface area contributed by atoms with E-state index in [-0.39, 0.29) is 0 Å². The van der Waals surface area contributed by atoms with Gasteiger partial charge in [0.2, 0.25) is 0 Å². The molecule has 4 nitrogen and oxygen atoms in total. The van der Waals surface area contributed by atoms with Gasteiger partial charge in [-0.05, 0) is 60.7 Å². The highest BCUT2D eigenvalue weighted by Gasteiger charge is 2.20. The average molecular weight is 525 g/mol. The van der Waals surface area contributed by atoms with Crippen LogP contribution in [-0.2, 0) is 0 Å². The normalized spacial score (nSPS) is 11.9. The number of nitrogens with zero attached hydrogens (tertiary/aromatic N) is 4. The van der Waals surface area contributed by atoms with Gasteiger partial charge in [-0.3, -0.25) is 4.57 Å². The number of hydrogen-bond acceptors (Lipinski definition) is 1. The molecule has 3 heterocycles. The van der Waals surface area contributed by atoms with E-state index < -0.39 is 0 Å². The van der Waals surface area contributed by atoms with Gasteiger partial charge in [-0.2, -0.15) is 0 Å². The van der Waals surface area contributed by atoms with E-state index in [1.807, 2.05) is 12.4 Å². The van der Waals surface area contributed by atoms with Crippen LogP contribution in [0.15, 0.2) is 146 Å². The lowest BCUT2D eigenvalue weighted by Gasteiger charge is -2.10. The van der Waals surface area contributed by atoms with Gasteiger partial charge in [-0.25, -0.2) is 4.98 Å². The Morgan fingerprint density at radius 3 is 1.61 bits per heavy atom. The van der Waals surface area contributed by atoms with E-state index in [0.717, 1.165) is 28.1 Å². The van der Waals surface area contributed by atoms with Crippen molar-refractivity contribution in [1.82, 2.24) is 18.7 Å². The Balaban J connectivity index is 1.41. The molecule has 0 bridgehead atoms. The van der Waals surface area contributed by atoms with E-state index in [2.05, 4.69) is 147 Å². The van der Waals surface area contributed by atoms with Crippen LogP contribution in [0, 0.1) is 0 Å². The second-order valence-corrected chi connectivity index (χ2v) is 10.5. The third-order valence-corrected chi connectivity index (χ3v) is 8.31. The molecule has 192 valence electrons. The Bertz CT molecular complexity index is 2410. The lowest BCUT2D eigenvalue weighted by Crippen LogP contribution is -1.96. The van der Waals surface area contributed by atoms with Crippen molar-refractivity contribution in [2.45, 2.75) is 0 Å². The van der Waals surface area contributed by atoms with E-state index in [1.54, 1.807) is 0 Å². The van der Waals surface area contributed by atoms with Crippen molar-refractivity contribution in [1.29, 1.82) is 0 Å². The number of para-hydroxylation sites is 5. The second-order valence-electron chi connectivity index (χ2n) is 10.5. The summed E-state index contributed by atoms with van der Waals surface area (Å²) in [7, 11) is 0. The number of imidazole rings is 1. The zero-order valence-electron chi connectivity index (χ0n) is 22.1. The van der Waals surface area contributed by atoms with Gasteiger partial charge in [0.1, 0.15) is 11.8 Å². The Hall–Kier alpha value is -5.61. The number of rotatable bonds is 3. The van der Waals surface area contributed by atoms with Gasteiger partial charge in [-0.15, -0.1) is 0 Å². The van der Waals surface area contributed by atoms with Gasteiger partial charge < -0.3 is 9.13 Å². The summed E-state index contributed by atoms with van der Waals surface area (Å²) in [5.41, 5.74) is 10.2. The molecule has 9 rings (SSSR count). The number of aromatic nitrogens is 4. The molecule has 3 aromatic heterocycles. The highest BCUT2D eigenvalue weighted by Crippen LogP contribution is 2.40. The van der Waals surface area contributed by atoms with Crippen LogP contribution in [0.3, 0.4) is 0 Å². The molecule has 0 aliphatic heterocycles. The third kappa shape index (κ3) is 3.13. The van der Waals surface area contributed by atoms with Crippen LogP contribution in [0.4, 0.5) is 0 Å². The molecule has 6 aromatic carbocycles. The topological polar surface area (TPSA) is 27.7 Å². The molecule has 0 atom stereocenters. The summed E-state index contributed by atoms with van der Waals surface area (Å²) in [4.78, 5) is 4.96. The van der Waals surface area contributed by atoms with Crippen LogP contribution < -0.4 is 0 Å². The zero-order chi connectivity index (χ0) is 26.9. The third-order valence-electron chi connectivity index (χ3n) is 8.31. The lowest BCUT2D eigenvalue weighted by molar-refractivity contribution is 1.09. The zero-order valence-corrected chi connectivity index (χ0v) is 22.1. The second kappa shape index (κ2) is 8.44. The van der Waals surface area contributed by atoms with Crippen molar-refractivity contribution in [3.05, 3.63) is 146 Å². The Morgan fingerprint density at radius 2 is 0.927 bits per heavy atom. The van der Waals surface area contributed by atoms with Gasteiger partial charge in [0, 0.05) is 32.9 Å². The molecule has 0 spiro atoms. The van der Waals surface area contributed by atoms with Crippen LogP contribution in [0.2, 0.25) is 0 Å². The van der Waals surface area contributed by atoms with Crippen molar-refractivity contribution < 1.29 is 0 Å². The molecule has 0 radical (unpaired) electrons. The molecule has 0 fully saturated rings. The lowest BCUT2D eigenvalue weighted by atomic mass is 10.1. The van der Waals surface area contributed by atoms with Crippen LogP contribution >= 0.6 is 0 Å². The molecule has 0 unspecified atom stereocenters. The highest BCUT2D eigenvalue weighted by molar-refractivity contribution is 6.19. The van der Waals surface area contributed by atoms with Crippen molar-refractivity contribution >= 4 is 54.6 Å². The van der Waals surface area contributed by atoms with E-state index in [9.17, 15) is 0 Å². The minimum Gasteiger partial charge on any atom is -0.309 e. The SMILES string of the molecule is c1ccc(-n2cnc3c(-n4c5ccccc5c5cc6c(cc54)c4ccccc4n6-c4ccccc4)cccc32)cc1. The van der Waals surface area contributed by atoms with Crippen LogP contribution in [-0.4, -0.2) is 18.7 Å². The first kappa shape index (κ1) is 22.2. The van der Waals surface area contributed by atoms with Crippen molar-refractivity contribution in [2.24, 2.45) is 0 Å². The molecular weight excluding hydrogens is 500 g/mol. The Labute approximate surface area is 235 Å². The molecule has 0 saturated carbocycles. The van der Waals surface area contributed by atoms with E-state index in [1.165, 1.54) is 43.6 Å². The minimum absolute atomic E-state index is 0.978. The first-order chi connectivity index (χ1) is 20.4. The van der Waals surface area contributed by atoms with Gasteiger partial charge in [0.15, 0.2) is 0 Å². The van der Waals surface area contributed by atoms with Crippen molar-refractivity contribution in [2.75, 3.05) is 0 Å². The monoisotopic (exact) mass is 524 g/mol. The van der Waals surface area contributed by atoms with Crippen LogP contribution in [0.5, 0.6) is 0 Å². The van der Waals surface area contributed by atoms with E-state index >= 15 is 0 Å². The fourth-order valence-corrected chi connectivity index (χ4v) is 6.54. The highest BCUT2D eigenvalue weighted by atomic mass is 15.1. The fraction of sp³-hybridized carbons (Fsp3) is 0. The molecule has 0 amide bonds. The molecule has 0 aliphatic carbocycles. The van der Waals surface area contributed by atoms with Gasteiger partial charge in [0.05, 0.1) is 33.3 Å². The smallest absolute Gasteiger partial charge is 0.113 e. The maximum absolute atomic E-state index is 4.96. The van der Waals surface area contributed by atoms with Crippen molar-refractivity contribution in [3.63, 3.8) is 0 Å². The standard InChI is InChI=1S/C37H24N4/c1-3-12-25(13-4-1)39-24-38-37-33(39)20-11-21-34(37)41-32-19-10-8-17-28(32)30-22-35-29(23-36(30)41)27-16-7-9-18-31(27)40(35)26-14-5-2-6-15-26/h1-24H. The number of hydrogen-bond donors (Lipinski definition) is 0. The van der Waals surface area contributed by atoms with Gasteiger partial charge >= 0.3 is 0 Å². The summed E-state index contributed by atoms with van der Waals surface area (Å²) in [6.07, 6.45) is 1.93. The first-order valence-electron chi connectivity index (χ1n) is 13.9. The van der Waals surface area contributed by atoms with Gasteiger partial charge in [0.25, 0.3) is 0 Å². The predicted octanol–water partition coefficient (Wildman–Crippen LogP) is 9.22. The summed E-state index contributed by atoms with van der Waals surface area (Å²) >= 11 is 0. The molecule has 0 aliphatic rings. The molecule has 4 heteroatoms. The quantitative estimate of drug-likeness (QED) is 0.226. The summed E-state index contributed by atoms with van der Waals surface area (Å²) in [5, 5.41) is 4.95. The van der Waals surface area contributed by atoms with Crippen molar-refractivity contribution in [3.8, 4) is 17.1 Å². The average Bonchev–Trinajstić information content (AvgIpc) is 3.71. The number of fused-ring (bicyclic) bond motifs is 7. The first-order valence-corrected chi connectivity index (χ1v) is 13.9. The number of benzene rings is 6. The Kier molecular flexibility index (Phi) is 4.58. The van der Waals surface area contributed by atoms with Gasteiger partial charge in [-0.1, -0.05) is 78.9 Å². The molecule has 9 aromatic rings. The predicted molar refractivity (Wildman–Crippen MR) is 170 cm³/mol. The maximum Gasteiger partial charge on any atom is 0.113 e. The molecule has 0 saturated heterocycles. The minimum atomic E-state index is 0.978.